The minimum atomic E-state index is -0.708. The second kappa shape index (κ2) is 5.47. The summed E-state index contributed by atoms with van der Waals surface area (Å²) in [6.45, 7) is 3.45. The molecule has 0 aromatic heterocycles. The van der Waals surface area contributed by atoms with Crippen molar-refractivity contribution in [3.8, 4) is 0 Å². The highest BCUT2D eigenvalue weighted by Crippen LogP contribution is 2.22. The lowest BCUT2D eigenvalue weighted by Gasteiger charge is -2.17. The van der Waals surface area contributed by atoms with Crippen LogP contribution in [-0.2, 0) is 9.68 Å². The van der Waals surface area contributed by atoms with Gasteiger partial charge < -0.3 is 4.89 Å². The minimum Gasteiger partial charge on any atom is -0.300 e. The molecule has 1 N–H and O–H groups in total. The maximum atomic E-state index is 11.2. The molecule has 0 unspecified atom stereocenters. The topological polar surface area (TPSA) is 46.5 Å². The van der Waals surface area contributed by atoms with Crippen LogP contribution < -0.4 is 0 Å². The summed E-state index contributed by atoms with van der Waals surface area (Å²) in [5, 5.41) is 8.31. The third-order valence-corrected chi connectivity index (χ3v) is 2.37. The summed E-state index contributed by atoms with van der Waals surface area (Å²) >= 11 is 0. The van der Waals surface area contributed by atoms with E-state index in [2.05, 4.69) is 4.89 Å². The van der Waals surface area contributed by atoms with Crippen LogP contribution in [0.25, 0.3) is 6.08 Å². The van der Waals surface area contributed by atoms with Crippen molar-refractivity contribution in [2.45, 2.75) is 20.3 Å². The highest BCUT2D eigenvalue weighted by molar-refractivity contribution is 5.75. The van der Waals surface area contributed by atoms with Gasteiger partial charge in [-0.1, -0.05) is 42.5 Å². The molecule has 0 bridgehead atoms. The van der Waals surface area contributed by atoms with Crippen LogP contribution in [0, 0.1) is 5.41 Å². The Kier molecular flexibility index (Phi) is 4.26. The van der Waals surface area contributed by atoms with Crippen LogP contribution in [0.1, 0.15) is 25.8 Å². The third kappa shape index (κ3) is 3.51. The van der Waals surface area contributed by atoms with E-state index in [9.17, 15) is 4.79 Å². The first kappa shape index (κ1) is 12.5. The van der Waals surface area contributed by atoms with Crippen LogP contribution in [0.2, 0.25) is 0 Å². The first-order chi connectivity index (χ1) is 7.56. The summed E-state index contributed by atoms with van der Waals surface area (Å²) in [5.41, 5.74) is 0.371. The Morgan fingerprint density at radius 3 is 2.56 bits per heavy atom. The molecule has 0 fully saturated rings. The average Bonchev–Trinajstić information content (AvgIpc) is 2.29. The Hall–Kier alpha value is -1.61. The van der Waals surface area contributed by atoms with E-state index in [1.165, 1.54) is 0 Å². The maximum Gasteiger partial charge on any atom is 0.347 e. The van der Waals surface area contributed by atoms with E-state index in [4.69, 9.17) is 5.26 Å². The fraction of sp³-hybridized carbons (Fsp3) is 0.308. The van der Waals surface area contributed by atoms with Gasteiger partial charge in [-0.3, -0.25) is 0 Å². The van der Waals surface area contributed by atoms with Gasteiger partial charge in [0, 0.05) is 0 Å². The van der Waals surface area contributed by atoms with E-state index in [1.54, 1.807) is 13.8 Å². The number of hydrogen-bond acceptors (Lipinski definition) is 3. The minimum absolute atomic E-state index is 0.515. The molecular weight excluding hydrogens is 204 g/mol. The van der Waals surface area contributed by atoms with Crippen LogP contribution in [0.5, 0.6) is 0 Å². The second-order valence-corrected chi connectivity index (χ2v) is 4.28. The van der Waals surface area contributed by atoms with Crippen LogP contribution in [0.3, 0.4) is 0 Å². The van der Waals surface area contributed by atoms with Crippen molar-refractivity contribution in [2.24, 2.45) is 5.41 Å². The Bertz CT molecular complexity index is 366. The molecule has 0 aliphatic rings. The molecule has 0 aliphatic carbocycles. The molecule has 1 aromatic rings. The molecule has 0 amide bonds. The van der Waals surface area contributed by atoms with Crippen molar-refractivity contribution in [2.75, 3.05) is 0 Å². The largest absolute Gasteiger partial charge is 0.347 e. The van der Waals surface area contributed by atoms with Gasteiger partial charge in [-0.15, -0.1) is 0 Å². The molecule has 86 valence electrons. The van der Waals surface area contributed by atoms with Gasteiger partial charge in [-0.05, 0) is 25.8 Å². The van der Waals surface area contributed by atoms with Gasteiger partial charge >= 0.3 is 5.97 Å². The lowest BCUT2D eigenvalue weighted by atomic mass is 9.89. The standard InChI is InChI=1S/C13H16O3/c1-13(2,12(14)16-15)10-6-9-11-7-4-3-5-8-11/h3-9,15H,10H2,1-2H3/b9-6+. The molecule has 0 saturated carbocycles. The predicted octanol–water partition coefficient (Wildman–Crippen LogP) is 3.13. The number of benzene rings is 1. The average molecular weight is 220 g/mol. The molecule has 0 heterocycles. The SMILES string of the molecule is CC(C)(C/C=C/c1ccccc1)C(=O)OO. The molecule has 0 saturated heterocycles. The zero-order valence-corrected chi connectivity index (χ0v) is 9.51. The Morgan fingerprint density at radius 2 is 2.00 bits per heavy atom. The molecular formula is C13H16O3. The third-order valence-electron chi connectivity index (χ3n) is 2.37. The Labute approximate surface area is 95.3 Å². The zero-order chi connectivity index (χ0) is 12.0. The first-order valence-corrected chi connectivity index (χ1v) is 5.14. The number of carbonyl (C=O) groups is 1. The monoisotopic (exact) mass is 220 g/mol. The maximum absolute atomic E-state index is 11.2. The first-order valence-electron chi connectivity index (χ1n) is 5.14. The number of hydrogen-bond donors (Lipinski definition) is 1. The summed E-state index contributed by atoms with van der Waals surface area (Å²) in [5.74, 6) is -0.620. The molecule has 1 rings (SSSR count). The summed E-state index contributed by atoms with van der Waals surface area (Å²) in [6.07, 6.45) is 4.35. The molecule has 0 atom stereocenters. The fourth-order valence-corrected chi connectivity index (χ4v) is 1.26. The van der Waals surface area contributed by atoms with Crippen molar-refractivity contribution in [1.29, 1.82) is 0 Å². The van der Waals surface area contributed by atoms with Crippen molar-refractivity contribution in [3.63, 3.8) is 0 Å². The van der Waals surface area contributed by atoms with Crippen LogP contribution in [-0.4, -0.2) is 11.2 Å². The summed E-state index contributed by atoms with van der Waals surface area (Å²) in [4.78, 5) is 14.9. The van der Waals surface area contributed by atoms with Crippen molar-refractivity contribution in [1.82, 2.24) is 0 Å². The van der Waals surface area contributed by atoms with Gasteiger partial charge in [0.1, 0.15) is 0 Å². The Morgan fingerprint density at radius 1 is 1.38 bits per heavy atom. The molecule has 0 spiro atoms. The fourth-order valence-electron chi connectivity index (χ4n) is 1.26. The molecule has 1 aromatic carbocycles. The van der Waals surface area contributed by atoms with Crippen molar-refractivity contribution < 1.29 is 14.9 Å². The normalized spacial score (nSPS) is 11.7. The van der Waals surface area contributed by atoms with Gasteiger partial charge in [0.15, 0.2) is 0 Å². The smallest absolute Gasteiger partial charge is 0.300 e. The van der Waals surface area contributed by atoms with Gasteiger partial charge in [0.2, 0.25) is 0 Å². The quantitative estimate of drug-likeness (QED) is 0.626. The molecule has 3 heteroatoms. The highest BCUT2D eigenvalue weighted by atomic mass is 17.1. The van der Waals surface area contributed by atoms with Crippen LogP contribution in [0.4, 0.5) is 0 Å². The summed E-state index contributed by atoms with van der Waals surface area (Å²) in [6, 6.07) is 9.81. The second-order valence-electron chi connectivity index (χ2n) is 4.28. The zero-order valence-electron chi connectivity index (χ0n) is 9.51. The van der Waals surface area contributed by atoms with Gasteiger partial charge in [0.25, 0.3) is 0 Å². The molecule has 3 nitrogen and oxygen atoms in total. The Balaban J connectivity index is 2.58. The van der Waals surface area contributed by atoms with E-state index >= 15 is 0 Å². The molecule has 0 radical (unpaired) electrons. The highest BCUT2D eigenvalue weighted by Gasteiger charge is 2.28. The van der Waals surface area contributed by atoms with E-state index in [-0.39, 0.29) is 0 Å². The van der Waals surface area contributed by atoms with Gasteiger partial charge in [0.05, 0.1) is 5.41 Å². The number of rotatable bonds is 4. The van der Waals surface area contributed by atoms with E-state index < -0.39 is 11.4 Å². The lowest BCUT2D eigenvalue weighted by Crippen LogP contribution is -2.24. The van der Waals surface area contributed by atoms with Crippen LogP contribution in [0.15, 0.2) is 36.4 Å². The summed E-state index contributed by atoms with van der Waals surface area (Å²) < 4.78 is 0. The van der Waals surface area contributed by atoms with Gasteiger partial charge in [-0.2, -0.15) is 5.26 Å². The van der Waals surface area contributed by atoms with E-state index in [1.807, 2.05) is 42.5 Å². The number of allylic oxidation sites excluding steroid dienone is 1. The predicted molar refractivity (Wildman–Crippen MR) is 62.6 cm³/mol. The lowest BCUT2D eigenvalue weighted by molar-refractivity contribution is -0.243. The van der Waals surface area contributed by atoms with Crippen molar-refractivity contribution >= 4 is 12.0 Å². The van der Waals surface area contributed by atoms with E-state index in [0.29, 0.717) is 6.42 Å². The number of carbonyl (C=O) groups excluding carboxylic acids is 1. The van der Waals surface area contributed by atoms with Crippen molar-refractivity contribution in [3.05, 3.63) is 42.0 Å². The van der Waals surface area contributed by atoms with Gasteiger partial charge in [-0.25, -0.2) is 4.79 Å². The summed E-state index contributed by atoms with van der Waals surface area (Å²) in [7, 11) is 0. The molecule has 0 aliphatic heterocycles. The van der Waals surface area contributed by atoms with Crippen LogP contribution >= 0.6 is 0 Å². The molecule has 16 heavy (non-hydrogen) atoms. The van der Waals surface area contributed by atoms with E-state index in [0.717, 1.165) is 5.56 Å².